The topological polar surface area (TPSA) is 49.5 Å². The Morgan fingerprint density at radius 3 is 2.64 bits per heavy atom. The molecule has 25 heavy (non-hydrogen) atoms. The molecule has 1 aliphatic heterocycles. The summed E-state index contributed by atoms with van der Waals surface area (Å²) >= 11 is 6.21. The van der Waals surface area contributed by atoms with Crippen LogP contribution >= 0.6 is 11.6 Å². The van der Waals surface area contributed by atoms with Crippen molar-refractivity contribution in [3.8, 4) is 0 Å². The van der Waals surface area contributed by atoms with Gasteiger partial charge in [0.15, 0.2) is 0 Å². The number of benzene rings is 1. The van der Waals surface area contributed by atoms with Crippen molar-refractivity contribution in [3.05, 3.63) is 34.3 Å². The zero-order valence-electron chi connectivity index (χ0n) is 15.5. The molecule has 2 rings (SSSR count). The molecule has 1 saturated heterocycles. The normalized spacial score (nSPS) is 18.4. The Balaban J connectivity index is 1.81. The van der Waals surface area contributed by atoms with E-state index in [1.54, 1.807) is 14.2 Å². The number of rotatable bonds is 12. The van der Waals surface area contributed by atoms with Gasteiger partial charge in [0.2, 0.25) is 0 Å². The first-order valence-corrected chi connectivity index (χ1v) is 11.0. The molecule has 0 aliphatic carbocycles. The van der Waals surface area contributed by atoms with Gasteiger partial charge in [0, 0.05) is 31.9 Å². The highest BCUT2D eigenvalue weighted by Crippen LogP contribution is 2.22. The maximum atomic E-state index is 6.22. The molecule has 0 amide bonds. The molecule has 7 heteroatoms. The molecule has 1 fully saturated rings. The minimum atomic E-state index is -2.69. The predicted octanol–water partition coefficient (Wildman–Crippen LogP) is 3.63. The fourth-order valence-corrected chi connectivity index (χ4v) is 5.02. The summed E-state index contributed by atoms with van der Waals surface area (Å²) in [6, 6.07) is 6.83. The molecule has 0 bridgehead atoms. The third-order valence-corrected chi connectivity index (χ3v) is 7.62. The first-order chi connectivity index (χ1) is 12.0. The molecule has 1 heterocycles. The standard InChI is InChI=1S/C18H29ClO5Si/c1-14-6-7-16(11-18(14)19)10-15(2)24-25(20-3,21-4)9-5-8-22-12-17-13-23-17/h6-7,11,15,17H,5,8-10,12-13H2,1-4H3. The van der Waals surface area contributed by atoms with Crippen LogP contribution < -0.4 is 0 Å². The second-order valence-electron chi connectivity index (χ2n) is 6.44. The van der Waals surface area contributed by atoms with E-state index in [0.717, 1.165) is 41.6 Å². The van der Waals surface area contributed by atoms with Gasteiger partial charge >= 0.3 is 8.80 Å². The lowest BCUT2D eigenvalue weighted by molar-refractivity contribution is 0.0576. The van der Waals surface area contributed by atoms with Crippen LogP contribution in [0.4, 0.5) is 0 Å². The van der Waals surface area contributed by atoms with Gasteiger partial charge in [0.1, 0.15) is 6.10 Å². The smallest absolute Gasteiger partial charge is 0.379 e. The van der Waals surface area contributed by atoms with Crippen LogP contribution in [-0.2, 0) is 29.2 Å². The van der Waals surface area contributed by atoms with E-state index in [2.05, 4.69) is 6.07 Å². The summed E-state index contributed by atoms with van der Waals surface area (Å²) < 4.78 is 28.3. The van der Waals surface area contributed by atoms with E-state index in [-0.39, 0.29) is 6.10 Å². The van der Waals surface area contributed by atoms with E-state index in [4.69, 9.17) is 34.4 Å². The summed E-state index contributed by atoms with van der Waals surface area (Å²) in [6.45, 7) is 6.18. The summed E-state index contributed by atoms with van der Waals surface area (Å²) in [5, 5.41) is 0.781. The molecular weight excluding hydrogens is 360 g/mol. The first-order valence-electron chi connectivity index (χ1n) is 8.70. The van der Waals surface area contributed by atoms with Gasteiger partial charge in [0.05, 0.1) is 19.3 Å². The van der Waals surface area contributed by atoms with Crippen molar-refractivity contribution in [3.63, 3.8) is 0 Å². The minimum absolute atomic E-state index is 0.0221. The van der Waals surface area contributed by atoms with Crippen LogP contribution in [0.25, 0.3) is 0 Å². The third-order valence-electron chi connectivity index (χ3n) is 4.24. The maximum absolute atomic E-state index is 6.22. The fraction of sp³-hybridized carbons (Fsp3) is 0.667. The van der Waals surface area contributed by atoms with Crippen molar-refractivity contribution in [1.29, 1.82) is 0 Å². The SMILES string of the molecule is CO[Si](CCCOCC1CO1)(OC)OC(C)Cc1ccc(C)c(Cl)c1. The highest BCUT2D eigenvalue weighted by atomic mass is 35.5. The van der Waals surface area contributed by atoms with Gasteiger partial charge in [-0.15, -0.1) is 0 Å². The Morgan fingerprint density at radius 1 is 1.32 bits per heavy atom. The van der Waals surface area contributed by atoms with Crippen molar-refractivity contribution >= 4 is 20.4 Å². The molecule has 142 valence electrons. The van der Waals surface area contributed by atoms with Gasteiger partial charge in [-0.2, -0.15) is 0 Å². The molecule has 2 atom stereocenters. The van der Waals surface area contributed by atoms with E-state index in [1.165, 1.54) is 0 Å². The van der Waals surface area contributed by atoms with Crippen molar-refractivity contribution < 1.29 is 22.8 Å². The summed E-state index contributed by atoms with van der Waals surface area (Å²) in [5.74, 6) is 0. The summed E-state index contributed by atoms with van der Waals surface area (Å²) in [4.78, 5) is 0. The molecule has 0 saturated carbocycles. The highest BCUT2D eigenvalue weighted by molar-refractivity contribution is 6.60. The second-order valence-corrected chi connectivity index (χ2v) is 9.77. The molecule has 5 nitrogen and oxygen atoms in total. The van der Waals surface area contributed by atoms with Crippen LogP contribution in [0.3, 0.4) is 0 Å². The monoisotopic (exact) mass is 388 g/mol. The summed E-state index contributed by atoms with van der Waals surface area (Å²) in [6.07, 6.45) is 1.87. The van der Waals surface area contributed by atoms with Crippen molar-refractivity contribution in [2.75, 3.05) is 34.0 Å². The largest absolute Gasteiger partial charge is 0.500 e. The Bertz CT molecular complexity index is 534. The van der Waals surface area contributed by atoms with Crippen LogP contribution in [0.15, 0.2) is 18.2 Å². The van der Waals surface area contributed by atoms with Gasteiger partial charge in [0.25, 0.3) is 0 Å². The molecule has 2 unspecified atom stereocenters. The fourth-order valence-electron chi connectivity index (χ4n) is 2.66. The van der Waals surface area contributed by atoms with Crippen molar-refractivity contribution in [1.82, 2.24) is 0 Å². The van der Waals surface area contributed by atoms with Crippen LogP contribution in [0, 0.1) is 6.92 Å². The number of hydrogen-bond acceptors (Lipinski definition) is 5. The molecule has 1 aromatic rings. The first kappa shape index (κ1) is 20.8. The van der Waals surface area contributed by atoms with Gasteiger partial charge in [-0.3, -0.25) is 0 Å². The molecule has 0 radical (unpaired) electrons. The average Bonchev–Trinajstić information content (AvgIpc) is 3.41. The van der Waals surface area contributed by atoms with E-state index in [1.807, 2.05) is 26.0 Å². The van der Waals surface area contributed by atoms with Crippen LogP contribution in [-0.4, -0.2) is 55.1 Å². The molecule has 1 aromatic carbocycles. The van der Waals surface area contributed by atoms with Gasteiger partial charge in [-0.25, -0.2) is 0 Å². The highest BCUT2D eigenvalue weighted by Gasteiger charge is 2.40. The zero-order chi connectivity index (χ0) is 18.3. The molecule has 1 aliphatic rings. The summed E-state index contributed by atoms with van der Waals surface area (Å²) in [5.41, 5.74) is 2.22. The van der Waals surface area contributed by atoms with Crippen molar-refractivity contribution in [2.45, 2.75) is 44.9 Å². The van der Waals surface area contributed by atoms with Gasteiger partial charge in [-0.1, -0.05) is 23.7 Å². The molecule has 0 N–H and O–H groups in total. The van der Waals surface area contributed by atoms with Gasteiger partial charge < -0.3 is 22.8 Å². The quantitative estimate of drug-likeness (QED) is 0.311. The van der Waals surface area contributed by atoms with E-state index < -0.39 is 8.80 Å². The third kappa shape index (κ3) is 6.98. The number of hydrogen-bond donors (Lipinski definition) is 0. The zero-order valence-corrected chi connectivity index (χ0v) is 17.3. The lowest BCUT2D eigenvalue weighted by Gasteiger charge is -2.30. The summed E-state index contributed by atoms with van der Waals surface area (Å²) in [7, 11) is 0.623. The van der Waals surface area contributed by atoms with Crippen LogP contribution in [0.5, 0.6) is 0 Å². The van der Waals surface area contributed by atoms with Gasteiger partial charge in [-0.05, 0) is 43.9 Å². The number of halogens is 1. The van der Waals surface area contributed by atoms with E-state index in [0.29, 0.717) is 19.3 Å². The Kier molecular flexibility index (Phi) is 8.35. The van der Waals surface area contributed by atoms with Crippen molar-refractivity contribution in [2.24, 2.45) is 0 Å². The van der Waals surface area contributed by atoms with E-state index in [9.17, 15) is 0 Å². The number of ether oxygens (including phenoxy) is 2. The Hall–Kier alpha value is -0.473. The molecule has 0 spiro atoms. The van der Waals surface area contributed by atoms with Crippen LogP contribution in [0.2, 0.25) is 11.1 Å². The average molecular weight is 389 g/mol. The minimum Gasteiger partial charge on any atom is -0.379 e. The number of epoxide rings is 1. The number of aryl methyl sites for hydroxylation is 1. The lowest BCUT2D eigenvalue weighted by Crippen LogP contribution is -2.46. The van der Waals surface area contributed by atoms with E-state index >= 15 is 0 Å². The Labute approximate surface area is 156 Å². The molecular formula is C18H29ClO5Si. The van der Waals surface area contributed by atoms with Crippen LogP contribution in [0.1, 0.15) is 24.5 Å². The lowest BCUT2D eigenvalue weighted by atomic mass is 10.1. The predicted molar refractivity (Wildman–Crippen MR) is 100 cm³/mol. The molecule has 0 aromatic heterocycles. The second kappa shape index (κ2) is 10.0. The maximum Gasteiger partial charge on any atom is 0.500 e. The Morgan fingerprint density at radius 2 is 2.04 bits per heavy atom.